The van der Waals surface area contributed by atoms with Crippen molar-refractivity contribution < 1.29 is 14.6 Å². The van der Waals surface area contributed by atoms with Crippen LogP contribution in [0, 0.1) is 6.92 Å². The fourth-order valence-electron chi connectivity index (χ4n) is 2.43. The fraction of sp³-hybridized carbons (Fsp3) is 0.368. The molecule has 0 aliphatic rings. The normalized spacial score (nSPS) is 11.8. The summed E-state index contributed by atoms with van der Waals surface area (Å²) in [5.41, 5.74) is 2.34. The number of aromatic nitrogens is 1. The van der Waals surface area contributed by atoms with Crippen LogP contribution >= 0.6 is 0 Å². The van der Waals surface area contributed by atoms with Crippen molar-refractivity contribution in [2.24, 2.45) is 0 Å². The highest BCUT2D eigenvalue weighted by Gasteiger charge is 2.22. The molecule has 5 nitrogen and oxygen atoms in total. The molecule has 0 aliphatic heterocycles. The van der Waals surface area contributed by atoms with E-state index in [-0.39, 0.29) is 12.5 Å². The summed E-state index contributed by atoms with van der Waals surface area (Å²) in [6.07, 6.45) is 0.862. The summed E-state index contributed by atoms with van der Waals surface area (Å²) < 4.78 is 5.43. The van der Waals surface area contributed by atoms with Crippen LogP contribution in [0.1, 0.15) is 41.4 Å². The van der Waals surface area contributed by atoms with Gasteiger partial charge >= 0.3 is 0 Å². The van der Waals surface area contributed by atoms with Gasteiger partial charge in [0.2, 0.25) is 5.88 Å². The maximum absolute atomic E-state index is 12.8. The first kappa shape index (κ1) is 17.9. The van der Waals surface area contributed by atoms with Gasteiger partial charge in [-0.05, 0) is 38.5 Å². The van der Waals surface area contributed by atoms with Crippen LogP contribution in [0.2, 0.25) is 0 Å². The third kappa shape index (κ3) is 4.32. The van der Waals surface area contributed by atoms with E-state index in [9.17, 15) is 9.90 Å². The number of amides is 1. The van der Waals surface area contributed by atoms with E-state index in [1.54, 1.807) is 23.2 Å². The molecule has 5 heteroatoms. The smallest absolute Gasteiger partial charge is 0.259 e. The van der Waals surface area contributed by atoms with E-state index in [1.165, 1.54) is 0 Å². The van der Waals surface area contributed by atoms with Crippen molar-refractivity contribution in [1.29, 1.82) is 0 Å². The van der Waals surface area contributed by atoms with Gasteiger partial charge in [-0.25, -0.2) is 4.98 Å². The number of hydrogen-bond acceptors (Lipinski definition) is 4. The number of aliphatic hydroxyl groups is 1. The number of carbonyl (C=O) groups excluding carboxylic acids is 1. The lowest BCUT2D eigenvalue weighted by molar-refractivity contribution is 0.0630. The Bertz CT molecular complexity index is 671. The molecule has 0 radical (unpaired) electrons. The second-order valence-electron chi connectivity index (χ2n) is 5.56. The minimum atomic E-state index is -0.735. The molecule has 1 aromatic carbocycles. The average Bonchev–Trinajstić information content (AvgIpc) is 2.60. The van der Waals surface area contributed by atoms with Gasteiger partial charge in [0, 0.05) is 12.7 Å². The third-order valence-corrected chi connectivity index (χ3v) is 3.81. The fourth-order valence-corrected chi connectivity index (χ4v) is 2.43. The van der Waals surface area contributed by atoms with Gasteiger partial charge in [-0.2, -0.15) is 0 Å². The van der Waals surface area contributed by atoms with Crippen LogP contribution < -0.4 is 4.74 Å². The van der Waals surface area contributed by atoms with Crippen molar-refractivity contribution in [3.8, 4) is 5.88 Å². The van der Waals surface area contributed by atoms with E-state index < -0.39 is 6.10 Å². The Labute approximate surface area is 142 Å². The van der Waals surface area contributed by atoms with Gasteiger partial charge in [0.1, 0.15) is 5.56 Å². The van der Waals surface area contributed by atoms with Crippen LogP contribution in [0.4, 0.5) is 0 Å². The van der Waals surface area contributed by atoms with Crippen molar-refractivity contribution in [2.75, 3.05) is 19.7 Å². The average molecular weight is 328 g/mol. The molecule has 0 fully saturated rings. The van der Waals surface area contributed by atoms with E-state index in [1.807, 2.05) is 45.0 Å². The first-order chi connectivity index (χ1) is 11.6. The summed E-state index contributed by atoms with van der Waals surface area (Å²) in [5.74, 6) is 0.133. The highest BCUT2D eigenvalue weighted by Crippen LogP contribution is 2.20. The van der Waals surface area contributed by atoms with Gasteiger partial charge in [-0.1, -0.05) is 29.8 Å². The topological polar surface area (TPSA) is 62.7 Å². The minimum Gasteiger partial charge on any atom is -0.477 e. The molecular formula is C19H24N2O3. The summed E-state index contributed by atoms with van der Waals surface area (Å²) in [4.78, 5) is 18.5. The number of ether oxygens (including phenoxy) is 1. The van der Waals surface area contributed by atoms with Crippen molar-refractivity contribution >= 4 is 5.91 Å². The van der Waals surface area contributed by atoms with E-state index >= 15 is 0 Å². The summed E-state index contributed by atoms with van der Waals surface area (Å²) in [5, 5.41) is 10.4. The Kier molecular flexibility index (Phi) is 6.32. The van der Waals surface area contributed by atoms with Crippen LogP contribution in [-0.2, 0) is 0 Å². The molecule has 2 rings (SSSR count). The molecule has 0 bridgehead atoms. The molecule has 1 heterocycles. The van der Waals surface area contributed by atoms with Gasteiger partial charge in [0.25, 0.3) is 5.91 Å². The molecule has 0 aliphatic carbocycles. The first-order valence-electron chi connectivity index (χ1n) is 8.18. The molecule has 1 atom stereocenters. The highest BCUT2D eigenvalue weighted by molar-refractivity contribution is 5.96. The first-order valence-corrected chi connectivity index (χ1v) is 8.18. The number of pyridine rings is 1. The van der Waals surface area contributed by atoms with Crippen LogP contribution in [0.25, 0.3) is 0 Å². The standard InChI is InChI=1S/C19H24N2O3/c1-4-21(13-17(22)15-10-8-14(3)9-11-15)19(23)16-7-6-12-20-18(16)24-5-2/h6-12,17,22H,4-5,13H2,1-3H3. The molecule has 0 saturated heterocycles. The number of aliphatic hydroxyl groups excluding tert-OH is 1. The number of hydrogen-bond donors (Lipinski definition) is 1. The number of nitrogens with zero attached hydrogens (tertiary/aromatic N) is 2. The van der Waals surface area contributed by atoms with Gasteiger partial charge in [0.15, 0.2) is 0 Å². The highest BCUT2D eigenvalue weighted by atomic mass is 16.5. The second-order valence-corrected chi connectivity index (χ2v) is 5.56. The SMILES string of the molecule is CCOc1ncccc1C(=O)N(CC)CC(O)c1ccc(C)cc1. The van der Waals surface area contributed by atoms with Gasteiger partial charge in [0.05, 0.1) is 19.3 Å². The summed E-state index contributed by atoms with van der Waals surface area (Å²) in [6.45, 7) is 6.88. The molecule has 0 spiro atoms. The second kappa shape index (κ2) is 8.45. The molecule has 128 valence electrons. The van der Waals surface area contributed by atoms with Crippen LogP contribution in [0.15, 0.2) is 42.6 Å². The van der Waals surface area contributed by atoms with Crippen molar-refractivity contribution in [1.82, 2.24) is 9.88 Å². The predicted octanol–water partition coefficient (Wildman–Crippen LogP) is 2.98. The zero-order chi connectivity index (χ0) is 17.5. The number of benzene rings is 1. The number of rotatable bonds is 7. The van der Waals surface area contributed by atoms with E-state index in [4.69, 9.17) is 4.74 Å². The lowest BCUT2D eigenvalue weighted by atomic mass is 10.1. The van der Waals surface area contributed by atoms with Crippen LogP contribution in [-0.4, -0.2) is 40.6 Å². The maximum Gasteiger partial charge on any atom is 0.259 e. The lowest BCUT2D eigenvalue weighted by Crippen LogP contribution is -2.35. The molecular weight excluding hydrogens is 304 g/mol. The van der Waals surface area contributed by atoms with Crippen molar-refractivity contribution in [2.45, 2.75) is 26.9 Å². The summed E-state index contributed by atoms with van der Waals surface area (Å²) >= 11 is 0. The Hall–Kier alpha value is -2.40. The van der Waals surface area contributed by atoms with Crippen LogP contribution in [0.5, 0.6) is 5.88 Å². The number of carbonyl (C=O) groups is 1. The van der Waals surface area contributed by atoms with Gasteiger partial charge in [-0.15, -0.1) is 0 Å². The maximum atomic E-state index is 12.8. The Morgan fingerprint density at radius 1 is 1.25 bits per heavy atom. The molecule has 1 N–H and O–H groups in total. The summed E-state index contributed by atoms with van der Waals surface area (Å²) in [6, 6.07) is 11.1. The van der Waals surface area contributed by atoms with Gasteiger partial charge in [-0.3, -0.25) is 4.79 Å². The Morgan fingerprint density at radius 2 is 1.96 bits per heavy atom. The molecule has 24 heavy (non-hydrogen) atoms. The van der Waals surface area contributed by atoms with Crippen molar-refractivity contribution in [3.05, 3.63) is 59.3 Å². The van der Waals surface area contributed by atoms with Crippen LogP contribution in [0.3, 0.4) is 0 Å². The number of aryl methyl sites for hydroxylation is 1. The summed E-state index contributed by atoms with van der Waals surface area (Å²) in [7, 11) is 0. The molecule has 1 aromatic heterocycles. The minimum absolute atomic E-state index is 0.194. The van der Waals surface area contributed by atoms with Crippen molar-refractivity contribution in [3.63, 3.8) is 0 Å². The number of likely N-dealkylation sites (N-methyl/N-ethyl adjacent to an activating group) is 1. The third-order valence-electron chi connectivity index (χ3n) is 3.81. The Morgan fingerprint density at radius 3 is 2.58 bits per heavy atom. The predicted molar refractivity (Wildman–Crippen MR) is 93.1 cm³/mol. The monoisotopic (exact) mass is 328 g/mol. The zero-order valence-corrected chi connectivity index (χ0v) is 14.4. The van der Waals surface area contributed by atoms with E-state index in [0.717, 1.165) is 11.1 Å². The molecule has 1 amide bonds. The molecule has 1 unspecified atom stereocenters. The Balaban J connectivity index is 2.16. The quantitative estimate of drug-likeness (QED) is 0.849. The largest absolute Gasteiger partial charge is 0.477 e. The zero-order valence-electron chi connectivity index (χ0n) is 14.4. The molecule has 2 aromatic rings. The van der Waals surface area contributed by atoms with Gasteiger partial charge < -0.3 is 14.7 Å². The van der Waals surface area contributed by atoms with E-state index in [0.29, 0.717) is 24.6 Å². The lowest BCUT2D eigenvalue weighted by Gasteiger charge is -2.25. The van der Waals surface area contributed by atoms with E-state index in [2.05, 4.69) is 4.98 Å². The molecule has 0 saturated carbocycles.